The highest BCUT2D eigenvalue weighted by Crippen LogP contribution is 2.33. The number of ether oxygens (including phenoxy) is 1. The van der Waals surface area contributed by atoms with Gasteiger partial charge in [-0.1, -0.05) is 20.3 Å². The zero-order valence-electron chi connectivity index (χ0n) is 20.6. The first-order valence-electron chi connectivity index (χ1n) is 11.8. The minimum absolute atomic E-state index is 0.0580. The molecule has 7 nitrogen and oxygen atoms in total. The van der Waals surface area contributed by atoms with E-state index in [4.69, 9.17) is 4.74 Å². The lowest BCUT2D eigenvalue weighted by atomic mass is 10.1. The molecule has 1 amide bonds. The Bertz CT molecular complexity index is 1210. The summed E-state index contributed by atoms with van der Waals surface area (Å²) in [6.45, 7) is 4.06. The lowest BCUT2D eigenvalue weighted by Gasteiger charge is -2.19. The summed E-state index contributed by atoms with van der Waals surface area (Å²) in [4.78, 5) is 16.8. The summed E-state index contributed by atoms with van der Waals surface area (Å²) in [6.07, 6.45) is -0.0227. The highest BCUT2D eigenvalue weighted by atomic mass is 32.2. The smallest absolute Gasteiger partial charge is 0.433 e. The van der Waals surface area contributed by atoms with Crippen molar-refractivity contribution in [3.63, 3.8) is 0 Å². The number of carbonyl (C=O) groups excluding carboxylic acids is 1. The highest BCUT2D eigenvalue weighted by Gasteiger charge is 2.37. The molecule has 0 bridgehead atoms. The molecule has 1 aliphatic rings. The van der Waals surface area contributed by atoms with E-state index in [1.807, 2.05) is 13.8 Å². The molecule has 4 rings (SSSR count). The monoisotopic (exact) mass is 540 g/mol. The van der Waals surface area contributed by atoms with Crippen molar-refractivity contribution >= 4 is 16.7 Å². The van der Waals surface area contributed by atoms with Gasteiger partial charge in [0.2, 0.25) is 11.8 Å². The number of nitrogens with zero attached hydrogens (tertiary/aromatic N) is 3. The molecule has 2 aromatic heterocycles. The second-order valence-corrected chi connectivity index (χ2v) is 9.72. The van der Waals surface area contributed by atoms with E-state index in [2.05, 4.69) is 15.4 Å². The number of hydrogen-bond donors (Lipinski definition) is 1. The van der Waals surface area contributed by atoms with Crippen LogP contribution in [0.25, 0.3) is 5.69 Å². The number of benzene rings is 1. The number of pyridine rings is 1. The van der Waals surface area contributed by atoms with E-state index in [0.717, 1.165) is 18.7 Å². The second kappa shape index (κ2) is 12.3. The topological polar surface area (TPSA) is 86.1 Å². The van der Waals surface area contributed by atoms with E-state index in [0.29, 0.717) is 29.0 Å². The fraction of sp³-hybridized carbons (Fsp3) is 0.400. The van der Waals surface area contributed by atoms with Gasteiger partial charge < -0.3 is 10.1 Å². The Balaban J connectivity index is 0.00000186. The molecule has 12 heteroatoms. The average Bonchev–Trinajstić information content (AvgIpc) is 3.55. The minimum atomic E-state index is -4.55. The molecular weight excluding hydrogens is 512 g/mol. The van der Waals surface area contributed by atoms with E-state index in [1.165, 1.54) is 48.3 Å². The van der Waals surface area contributed by atoms with Crippen LogP contribution in [0.3, 0.4) is 0 Å². The third-order valence-electron chi connectivity index (χ3n) is 5.81. The first-order valence-corrected chi connectivity index (χ1v) is 13.0. The molecule has 200 valence electrons. The van der Waals surface area contributed by atoms with E-state index >= 15 is 0 Å². The maximum Gasteiger partial charge on any atom is 0.433 e. The van der Waals surface area contributed by atoms with Crippen molar-refractivity contribution in [3.8, 4) is 11.6 Å². The number of amides is 1. The summed E-state index contributed by atoms with van der Waals surface area (Å²) in [5.74, 6) is -0.967. The van der Waals surface area contributed by atoms with Crippen LogP contribution in [0.5, 0.6) is 5.88 Å². The van der Waals surface area contributed by atoms with Gasteiger partial charge in [0, 0.05) is 17.6 Å². The SMILES string of the molecule is CC.COc1nn(-c2ccc(C(F)(F)F)nc2)cc1CNC(=O)C1CCCC1S(=O)c1ccc(F)cc1. The number of carbonyl (C=O) groups is 1. The Morgan fingerprint density at radius 3 is 2.46 bits per heavy atom. The number of hydrogen-bond acceptors (Lipinski definition) is 5. The van der Waals surface area contributed by atoms with Crippen LogP contribution in [0.4, 0.5) is 17.6 Å². The molecule has 2 heterocycles. The largest absolute Gasteiger partial charge is 0.480 e. The third-order valence-corrected chi connectivity index (χ3v) is 7.66. The van der Waals surface area contributed by atoms with Gasteiger partial charge in [-0.15, -0.1) is 5.10 Å². The Labute approximate surface area is 214 Å². The maximum atomic E-state index is 13.2. The molecule has 1 fully saturated rings. The summed E-state index contributed by atoms with van der Waals surface area (Å²) < 4.78 is 71.0. The number of alkyl halides is 3. The molecule has 3 atom stereocenters. The third kappa shape index (κ3) is 6.73. The van der Waals surface area contributed by atoms with Gasteiger partial charge in [-0.25, -0.2) is 14.1 Å². The number of aromatic nitrogens is 3. The molecule has 1 saturated carbocycles. The minimum Gasteiger partial charge on any atom is -0.480 e. The van der Waals surface area contributed by atoms with E-state index in [9.17, 15) is 26.6 Å². The summed E-state index contributed by atoms with van der Waals surface area (Å²) in [6, 6.07) is 7.51. The predicted molar refractivity (Wildman–Crippen MR) is 130 cm³/mol. The van der Waals surface area contributed by atoms with Gasteiger partial charge in [0.05, 0.1) is 46.5 Å². The van der Waals surface area contributed by atoms with Crippen LogP contribution in [-0.2, 0) is 28.3 Å². The van der Waals surface area contributed by atoms with Crippen LogP contribution in [0.1, 0.15) is 44.4 Å². The quantitative estimate of drug-likeness (QED) is 0.424. The summed E-state index contributed by atoms with van der Waals surface area (Å²) in [5, 5.41) is 6.64. The number of halogens is 4. The molecule has 1 aliphatic carbocycles. The summed E-state index contributed by atoms with van der Waals surface area (Å²) in [7, 11) is -0.0660. The zero-order valence-corrected chi connectivity index (χ0v) is 21.4. The van der Waals surface area contributed by atoms with Crippen LogP contribution < -0.4 is 10.1 Å². The van der Waals surface area contributed by atoms with E-state index in [1.54, 1.807) is 0 Å². The van der Waals surface area contributed by atoms with Gasteiger partial charge in [-0.2, -0.15) is 13.2 Å². The van der Waals surface area contributed by atoms with Crippen LogP contribution in [0, 0.1) is 11.7 Å². The average molecular weight is 541 g/mol. The first kappa shape index (κ1) is 28.3. The molecule has 0 saturated heterocycles. The van der Waals surface area contributed by atoms with Gasteiger partial charge in [0.1, 0.15) is 11.5 Å². The number of rotatable bonds is 7. The van der Waals surface area contributed by atoms with Crippen LogP contribution in [0.2, 0.25) is 0 Å². The fourth-order valence-electron chi connectivity index (χ4n) is 4.05. The Morgan fingerprint density at radius 1 is 1.16 bits per heavy atom. The van der Waals surface area contributed by atoms with Crippen LogP contribution >= 0.6 is 0 Å². The van der Waals surface area contributed by atoms with Gasteiger partial charge in [-0.3, -0.25) is 9.00 Å². The van der Waals surface area contributed by atoms with Crippen LogP contribution in [0.15, 0.2) is 53.7 Å². The second-order valence-electron chi connectivity index (χ2n) is 8.05. The summed E-state index contributed by atoms with van der Waals surface area (Å²) >= 11 is 0. The normalized spacial score (nSPS) is 18.0. The molecule has 0 aliphatic heterocycles. The lowest BCUT2D eigenvalue weighted by molar-refractivity contribution is -0.141. The fourth-order valence-corrected chi connectivity index (χ4v) is 5.74. The van der Waals surface area contributed by atoms with Gasteiger partial charge in [-0.05, 0) is 49.2 Å². The highest BCUT2D eigenvalue weighted by molar-refractivity contribution is 7.85. The van der Waals surface area contributed by atoms with E-state index in [-0.39, 0.29) is 23.6 Å². The Hall–Kier alpha value is -3.28. The molecule has 3 aromatic rings. The maximum absolute atomic E-state index is 13.2. The van der Waals surface area contributed by atoms with Crippen molar-refractivity contribution in [2.45, 2.75) is 56.0 Å². The number of methoxy groups -OCH3 is 1. The van der Waals surface area contributed by atoms with Crippen molar-refractivity contribution in [1.29, 1.82) is 0 Å². The molecule has 37 heavy (non-hydrogen) atoms. The lowest BCUT2D eigenvalue weighted by Crippen LogP contribution is -2.36. The van der Waals surface area contributed by atoms with Crippen molar-refractivity contribution < 1.29 is 31.3 Å². The van der Waals surface area contributed by atoms with Crippen molar-refractivity contribution in [1.82, 2.24) is 20.1 Å². The van der Waals surface area contributed by atoms with Gasteiger partial charge >= 0.3 is 6.18 Å². The molecule has 3 unspecified atom stereocenters. The van der Waals surface area contributed by atoms with Crippen LogP contribution in [-0.4, -0.2) is 37.2 Å². The molecule has 1 N–H and O–H groups in total. The Kier molecular flexibility index (Phi) is 9.41. The van der Waals surface area contributed by atoms with Gasteiger partial charge in [0.15, 0.2) is 0 Å². The standard InChI is InChI=1S/C23H22F4N4O3S.C2H6/c1-34-22-14(13-31(30-22)16-7-10-20(28-12-16)23(25,26)27)11-29-21(32)18-3-2-4-19(18)35(33)17-8-5-15(24)6-9-17;1-2/h5-10,12-13,18-19H,2-4,11H2,1H3,(H,29,32);1-2H3. The van der Waals surface area contributed by atoms with Crippen molar-refractivity contribution in [2.24, 2.45) is 5.92 Å². The zero-order chi connectivity index (χ0) is 27.2. The predicted octanol–water partition coefficient (Wildman–Crippen LogP) is 5.05. The molecular formula is C25H28F4N4O3S. The molecule has 1 aromatic carbocycles. The molecule has 0 radical (unpaired) electrons. The van der Waals surface area contributed by atoms with E-state index < -0.39 is 34.4 Å². The Morgan fingerprint density at radius 2 is 1.86 bits per heavy atom. The first-order chi connectivity index (χ1) is 17.7. The summed E-state index contributed by atoms with van der Waals surface area (Å²) in [5.41, 5.74) is -0.216. The van der Waals surface area contributed by atoms with Crippen molar-refractivity contribution in [2.75, 3.05) is 7.11 Å². The number of nitrogens with one attached hydrogen (secondary N) is 1. The van der Waals surface area contributed by atoms with Gasteiger partial charge in [0.25, 0.3) is 0 Å². The van der Waals surface area contributed by atoms with Crippen molar-refractivity contribution in [3.05, 3.63) is 65.9 Å². The molecule has 0 spiro atoms.